The van der Waals surface area contributed by atoms with Gasteiger partial charge in [0.05, 0.1) is 35.1 Å². The number of rotatable bonds is 5. The first-order valence-corrected chi connectivity index (χ1v) is 8.24. The van der Waals surface area contributed by atoms with Crippen molar-refractivity contribution < 1.29 is 9.81 Å². The van der Waals surface area contributed by atoms with Crippen molar-refractivity contribution in [3.8, 4) is 5.69 Å². The van der Waals surface area contributed by atoms with Crippen molar-refractivity contribution in [2.45, 2.75) is 38.8 Å². The monoisotopic (exact) mass is 345 g/mol. The Morgan fingerprint density at radius 2 is 2.16 bits per heavy atom. The van der Waals surface area contributed by atoms with Crippen molar-refractivity contribution in [2.75, 3.05) is 18.0 Å². The molecule has 0 bridgehead atoms. The van der Waals surface area contributed by atoms with Gasteiger partial charge in [-0.2, -0.15) is 5.43 Å². The molecule has 2 aromatic rings. The zero-order chi connectivity index (χ0) is 17.9. The molecule has 0 spiro atoms. The van der Waals surface area contributed by atoms with Crippen LogP contribution < -0.4 is 10.3 Å². The highest BCUT2D eigenvalue weighted by atomic mass is 16.7. The minimum absolute atomic E-state index is 0.117. The molecule has 0 aliphatic carbocycles. The molecule has 1 aromatic carbocycles. The lowest BCUT2D eigenvalue weighted by Crippen LogP contribution is -2.40. The maximum Gasteiger partial charge on any atom is 0.233 e. The second kappa shape index (κ2) is 6.96. The molecule has 0 amide bonds. The van der Waals surface area contributed by atoms with E-state index in [0.717, 1.165) is 24.3 Å². The zero-order valence-corrected chi connectivity index (χ0v) is 14.7. The van der Waals surface area contributed by atoms with Gasteiger partial charge in [0.25, 0.3) is 0 Å². The molecule has 9 heteroatoms. The largest absolute Gasteiger partial charge is 0.569 e. The van der Waals surface area contributed by atoms with E-state index in [9.17, 15) is 5.21 Å². The highest BCUT2D eigenvalue weighted by Crippen LogP contribution is 2.24. The Morgan fingerprint density at radius 1 is 1.36 bits per heavy atom. The normalized spacial score (nSPS) is 18.4. The van der Waals surface area contributed by atoms with Gasteiger partial charge >= 0.3 is 0 Å². The summed E-state index contributed by atoms with van der Waals surface area (Å²) in [5.41, 5.74) is 4.33. The van der Waals surface area contributed by atoms with Crippen LogP contribution in [0, 0.1) is 5.21 Å². The average Bonchev–Trinajstić information content (AvgIpc) is 3.23. The van der Waals surface area contributed by atoms with Gasteiger partial charge in [-0.1, -0.05) is 11.3 Å². The Bertz CT molecular complexity index is 724. The number of nitrogens with one attached hydrogen (secondary N) is 1. The van der Waals surface area contributed by atoms with Gasteiger partial charge in [-0.25, -0.2) is 4.68 Å². The van der Waals surface area contributed by atoms with Crippen LogP contribution in [0.3, 0.4) is 0 Å². The Hall–Kier alpha value is -2.84. The van der Waals surface area contributed by atoms with E-state index in [2.05, 4.69) is 32.0 Å². The number of aromatic nitrogens is 3. The fourth-order valence-electron chi connectivity index (χ4n) is 2.64. The summed E-state index contributed by atoms with van der Waals surface area (Å²) in [5.74, 6) is 0. The minimum Gasteiger partial charge on any atom is -0.569 e. The van der Waals surface area contributed by atoms with Crippen LogP contribution in [0.5, 0.6) is 0 Å². The molecular formula is C16H23N7O2. The smallest absolute Gasteiger partial charge is 0.233 e. The van der Waals surface area contributed by atoms with Crippen molar-refractivity contribution in [1.29, 1.82) is 0 Å². The Balaban J connectivity index is 1.60. The summed E-state index contributed by atoms with van der Waals surface area (Å²) in [4.78, 5) is 7.96. The van der Waals surface area contributed by atoms with E-state index >= 15 is 0 Å². The maximum atomic E-state index is 11.6. The lowest BCUT2D eigenvalue weighted by molar-refractivity contribution is -0.626. The van der Waals surface area contributed by atoms with E-state index in [1.807, 2.05) is 39.0 Å². The molecule has 1 saturated heterocycles. The lowest BCUT2D eigenvalue weighted by Gasteiger charge is -2.19. The lowest BCUT2D eigenvalue weighted by atomic mass is 10.1. The highest BCUT2D eigenvalue weighted by Gasteiger charge is 2.26. The molecule has 1 atom stereocenters. The molecule has 0 radical (unpaired) electrons. The third kappa shape index (κ3) is 4.59. The molecule has 9 nitrogen and oxygen atoms in total. The van der Waals surface area contributed by atoms with E-state index in [4.69, 9.17) is 4.84 Å². The van der Waals surface area contributed by atoms with Crippen LogP contribution in [0.2, 0.25) is 0 Å². The zero-order valence-electron chi connectivity index (χ0n) is 14.7. The quantitative estimate of drug-likeness (QED) is 0.506. The van der Waals surface area contributed by atoms with Crippen LogP contribution in [0.1, 0.15) is 27.2 Å². The minimum atomic E-state index is -0.363. The van der Waals surface area contributed by atoms with Crippen LogP contribution in [0.4, 0.5) is 5.69 Å². The molecule has 0 unspecified atom stereocenters. The molecule has 2 heterocycles. The number of hydrogen-bond acceptors (Lipinski definition) is 6. The van der Waals surface area contributed by atoms with Crippen LogP contribution in [-0.2, 0) is 4.84 Å². The van der Waals surface area contributed by atoms with Gasteiger partial charge in [0.15, 0.2) is 6.10 Å². The number of hydrogen-bond donors (Lipinski definition) is 1. The first kappa shape index (κ1) is 17.0. The van der Waals surface area contributed by atoms with Crippen molar-refractivity contribution in [2.24, 2.45) is 5.28 Å². The van der Waals surface area contributed by atoms with E-state index < -0.39 is 0 Å². The Morgan fingerprint density at radius 3 is 2.88 bits per heavy atom. The number of nitrogens with zero attached hydrogens (tertiary/aromatic N) is 6. The molecule has 1 N–H and O–H groups in total. The topological polar surface area (TPSA) is 93.6 Å². The highest BCUT2D eigenvalue weighted by molar-refractivity contribution is 5.53. The Labute approximate surface area is 146 Å². The van der Waals surface area contributed by atoms with Crippen LogP contribution in [0.15, 0.2) is 41.9 Å². The van der Waals surface area contributed by atoms with Gasteiger partial charge in [-0.3, -0.25) is 0 Å². The summed E-state index contributed by atoms with van der Waals surface area (Å²) in [7, 11) is 0. The third-order valence-corrected chi connectivity index (χ3v) is 3.73. The first-order chi connectivity index (χ1) is 11.9. The van der Waals surface area contributed by atoms with Gasteiger partial charge in [0, 0.05) is 18.7 Å². The predicted octanol–water partition coefficient (Wildman–Crippen LogP) is 2.04. The predicted molar refractivity (Wildman–Crippen MR) is 92.0 cm³/mol. The van der Waals surface area contributed by atoms with Gasteiger partial charge in [-0.15, -0.1) is 5.10 Å². The molecular weight excluding hydrogens is 322 g/mol. The fourth-order valence-corrected chi connectivity index (χ4v) is 2.64. The summed E-state index contributed by atoms with van der Waals surface area (Å²) < 4.78 is 1.72. The fraction of sp³-hybridized carbons (Fsp3) is 0.500. The summed E-state index contributed by atoms with van der Waals surface area (Å²) in [5, 5.41) is 23.1. The van der Waals surface area contributed by atoms with E-state index in [1.54, 1.807) is 17.1 Å². The average molecular weight is 345 g/mol. The Kier molecular flexibility index (Phi) is 4.73. The van der Waals surface area contributed by atoms with Crippen molar-refractivity contribution in [3.63, 3.8) is 0 Å². The van der Waals surface area contributed by atoms with E-state index in [1.165, 1.54) is 0 Å². The molecule has 134 valence electrons. The number of benzene rings is 1. The standard InChI is InChI=1S/C16H23N7O2/c1-16(2,3)18-23(24)20-25-15-7-9-21(12-15)13-5-4-6-14(11-13)22-10-8-17-19-22/h4-6,8,10-11,15H,7,9,12H2,1-3H3,(H,18,20)/t15-/m1/s1. The second-order valence-corrected chi connectivity index (χ2v) is 7.05. The van der Waals surface area contributed by atoms with Crippen LogP contribution >= 0.6 is 0 Å². The maximum absolute atomic E-state index is 11.6. The van der Waals surface area contributed by atoms with Crippen LogP contribution in [0.25, 0.3) is 5.69 Å². The van der Waals surface area contributed by atoms with Gasteiger partial charge in [0.1, 0.15) is 0 Å². The van der Waals surface area contributed by atoms with E-state index in [-0.39, 0.29) is 11.6 Å². The molecule has 0 saturated carbocycles. The summed E-state index contributed by atoms with van der Waals surface area (Å²) in [6, 6.07) is 8.05. The molecule has 25 heavy (non-hydrogen) atoms. The van der Waals surface area contributed by atoms with Gasteiger partial charge in [0.2, 0.25) is 5.28 Å². The van der Waals surface area contributed by atoms with E-state index in [0.29, 0.717) is 11.5 Å². The molecule has 1 fully saturated rings. The SMILES string of the molecule is CC(C)(C)N/[N+]([O-])=N/O[C@@H]1CCN(c2cccc(-n3ccnn3)c2)C1. The van der Waals surface area contributed by atoms with Gasteiger partial charge in [-0.05, 0) is 39.0 Å². The summed E-state index contributed by atoms with van der Waals surface area (Å²) >= 11 is 0. The third-order valence-electron chi connectivity index (χ3n) is 3.73. The van der Waals surface area contributed by atoms with Crippen LogP contribution in [-0.4, -0.2) is 44.7 Å². The summed E-state index contributed by atoms with van der Waals surface area (Å²) in [6.07, 6.45) is 4.14. The summed E-state index contributed by atoms with van der Waals surface area (Å²) in [6.45, 7) is 7.16. The first-order valence-electron chi connectivity index (χ1n) is 8.24. The molecule has 3 rings (SSSR count). The van der Waals surface area contributed by atoms with Crippen molar-refractivity contribution in [1.82, 2.24) is 20.4 Å². The molecule has 1 aromatic heterocycles. The molecule has 1 aliphatic heterocycles. The molecule has 1 aliphatic rings. The second-order valence-electron chi connectivity index (χ2n) is 7.05. The number of anilines is 1. The number of hydrazine groups is 1. The van der Waals surface area contributed by atoms with Gasteiger partial charge < -0.3 is 14.9 Å². The van der Waals surface area contributed by atoms with Crippen molar-refractivity contribution in [3.05, 3.63) is 41.9 Å². The van der Waals surface area contributed by atoms with Crippen molar-refractivity contribution >= 4 is 5.69 Å².